The highest BCUT2D eigenvalue weighted by molar-refractivity contribution is 6.31. The third-order valence-corrected chi connectivity index (χ3v) is 11.9. The van der Waals surface area contributed by atoms with Crippen LogP contribution in [0.3, 0.4) is 0 Å². The molecule has 14 nitrogen and oxygen atoms in total. The standard InChI is InChI=1S/C41H47ClFN9O5/c1-49(36-11-13-38(53)46-40(36)55)41(56)32-9-5-29(22-34(32)43)51-20-18-50(19-21-51)25-26-14-16-52(17-15-26)37-12-10-35(47-48-37)39(54)45-28-3-7-30(8-4-28)57-31-6-2-27(24-44)33(42)23-31/h2,5-6,9-10,12,22-23,26,28,30,36H,3-4,7-8,11,13-21,25H2,1H3,(H,45,54)(H,46,53,55)/t28-,30-,36?. The first kappa shape index (κ1) is 39.9. The van der Waals surface area contributed by atoms with Crippen LogP contribution in [0.4, 0.5) is 15.9 Å². The normalized spacial score (nSPS) is 22.0. The second-order valence-corrected chi connectivity index (χ2v) is 15.8. The van der Waals surface area contributed by atoms with E-state index in [0.29, 0.717) is 33.6 Å². The molecule has 57 heavy (non-hydrogen) atoms. The number of piperazine rings is 1. The maximum Gasteiger partial charge on any atom is 0.272 e. The number of benzene rings is 2. The topological polar surface area (TPSA) is 164 Å². The van der Waals surface area contributed by atoms with E-state index in [1.54, 1.807) is 30.3 Å². The zero-order valence-corrected chi connectivity index (χ0v) is 32.7. The molecule has 1 atom stereocenters. The van der Waals surface area contributed by atoms with Crippen molar-refractivity contribution in [2.75, 3.05) is 62.7 Å². The van der Waals surface area contributed by atoms with Gasteiger partial charge in [-0.3, -0.25) is 29.4 Å². The van der Waals surface area contributed by atoms with Crippen molar-refractivity contribution < 1.29 is 28.3 Å². The van der Waals surface area contributed by atoms with Gasteiger partial charge in [-0.25, -0.2) is 4.39 Å². The summed E-state index contributed by atoms with van der Waals surface area (Å²) in [6, 6.07) is 14.6. The Hall–Kier alpha value is -5.33. The summed E-state index contributed by atoms with van der Waals surface area (Å²) in [5.41, 5.74) is 1.32. The number of rotatable bonds is 10. The Morgan fingerprint density at radius 2 is 1.70 bits per heavy atom. The molecule has 1 aliphatic carbocycles. The number of carbonyl (C=O) groups is 4. The van der Waals surface area contributed by atoms with Gasteiger partial charge in [0.25, 0.3) is 11.8 Å². The molecule has 0 radical (unpaired) electrons. The molecule has 4 amide bonds. The Labute approximate surface area is 336 Å². The number of nitrogens with zero attached hydrogens (tertiary/aromatic N) is 7. The monoisotopic (exact) mass is 799 g/mol. The molecule has 1 unspecified atom stereocenters. The highest BCUT2D eigenvalue weighted by Gasteiger charge is 2.34. The molecule has 4 aliphatic rings. The summed E-state index contributed by atoms with van der Waals surface area (Å²) in [5, 5.41) is 23.5. The predicted molar refractivity (Wildman–Crippen MR) is 211 cm³/mol. The summed E-state index contributed by atoms with van der Waals surface area (Å²) in [6.07, 6.45) is 5.53. The number of nitrogens with one attached hydrogen (secondary N) is 2. The fourth-order valence-corrected chi connectivity index (χ4v) is 8.42. The van der Waals surface area contributed by atoms with Crippen LogP contribution in [0.25, 0.3) is 0 Å². The molecule has 3 aliphatic heterocycles. The molecule has 0 spiro atoms. The molecule has 4 heterocycles. The highest BCUT2D eigenvalue weighted by atomic mass is 35.5. The lowest BCUT2D eigenvalue weighted by Gasteiger charge is -2.39. The summed E-state index contributed by atoms with van der Waals surface area (Å²) >= 11 is 6.14. The van der Waals surface area contributed by atoms with Crippen molar-refractivity contribution in [3.8, 4) is 11.8 Å². The Bertz CT molecular complexity index is 2010. The fourth-order valence-electron chi connectivity index (χ4n) is 8.21. The highest BCUT2D eigenvalue weighted by Crippen LogP contribution is 2.29. The van der Waals surface area contributed by atoms with Crippen molar-refractivity contribution in [3.05, 3.63) is 76.2 Å². The van der Waals surface area contributed by atoms with Gasteiger partial charge in [0, 0.05) is 77.1 Å². The van der Waals surface area contributed by atoms with Gasteiger partial charge in [0.15, 0.2) is 11.5 Å². The Morgan fingerprint density at radius 3 is 2.35 bits per heavy atom. The molecule has 0 bridgehead atoms. The third kappa shape index (κ3) is 9.62. The number of halogens is 2. The third-order valence-electron chi connectivity index (χ3n) is 11.6. The van der Waals surface area contributed by atoms with Gasteiger partial charge in [-0.1, -0.05) is 11.6 Å². The summed E-state index contributed by atoms with van der Waals surface area (Å²) in [5.74, 6) is -0.439. The molecule has 16 heteroatoms. The first-order valence-corrected chi connectivity index (χ1v) is 20.1. The molecule has 2 aromatic carbocycles. The van der Waals surface area contributed by atoms with Crippen LogP contribution in [0.1, 0.15) is 77.8 Å². The minimum Gasteiger partial charge on any atom is -0.490 e. The largest absolute Gasteiger partial charge is 0.490 e. The van der Waals surface area contributed by atoms with Gasteiger partial charge in [-0.2, -0.15) is 5.26 Å². The number of anilines is 2. The number of nitriles is 1. The molecule has 7 rings (SSSR count). The lowest BCUT2D eigenvalue weighted by atomic mass is 9.93. The van der Waals surface area contributed by atoms with Crippen LogP contribution >= 0.6 is 11.6 Å². The molecule has 3 aromatic rings. The molecule has 300 valence electrons. The number of hydrogen-bond acceptors (Lipinski definition) is 11. The Kier molecular flexibility index (Phi) is 12.5. The number of imide groups is 1. The number of piperidine rings is 2. The van der Waals surface area contributed by atoms with Crippen molar-refractivity contribution in [2.45, 2.75) is 69.6 Å². The van der Waals surface area contributed by atoms with Crippen molar-refractivity contribution in [1.82, 2.24) is 30.6 Å². The van der Waals surface area contributed by atoms with Crippen molar-refractivity contribution in [1.29, 1.82) is 5.26 Å². The van der Waals surface area contributed by atoms with Gasteiger partial charge in [0.2, 0.25) is 11.8 Å². The minimum absolute atomic E-state index is 0.0165. The average molecular weight is 800 g/mol. The van der Waals surface area contributed by atoms with Gasteiger partial charge in [-0.05, 0) is 93.3 Å². The zero-order valence-electron chi connectivity index (χ0n) is 32.0. The van der Waals surface area contributed by atoms with Gasteiger partial charge in [-0.15, -0.1) is 10.2 Å². The van der Waals surface area contributed by atoms with E-state index in [1.807, 2.05) is 12.1 Å². The first-order chi connectivity index (χ1) is 27.5. The molecular formula is C41H47ClFN9O5. The van der Waals surface area contributed by atoms with E-state index in [1.165, 1.54) is 24.1 Å². The SMILES string of the molecule is CN(C(=O)c1ccc(N2CCN(CC3CCN(c4ccc(C(=O)N[C@H]5CC[C@H](Oc6ccc(C#N)c(Cl)c6)CC5)nn4)CC3)CC2)cc1F)C1CCC(=O)NC1=O. The van der Waals surface area contributed by atoms with Gasteiger partial charge >= 0.3 is 0 Å². The van der Waals surface area contributed by atoms with E-state index in [4.69, 9.17) is 21.6 Å². The summed E-state index contributed by atoms with van der Waals surface area (Å²) < 4.78 is 21.3. The minimum atomic E-state index is -0.815. The van der Waals surface area contributed by atoms with Gasteiger partial charge in [0.05, 0.1) is 22.3 Å². The summed E-state index contributed by atoms with van der Waals surface area (Å²) in [7, 11) is 1.46. The summed E-state index contributed by atoms with van der Waals surface area (Å²) in [6.45, 7) is 5.86. The van der Waals surface area contributed by atoms with Crippen LogP contribution in [0.2, 0.25) is 5.02 Å². The van der Waals surface area contributed by atoms with Crippen LogP contribution in [0, 0.1) is 23.1 Å². The maximum absolute atomic E-state index is 15.2. The number of ether oxygens (including phenoxy) is 1. The number of aromatic nitrogens is 2. The smallest absolute Gasteiger partial charge is 0.272 e. The van der Waals surface area contributed by atoms with Gasteiger partial charge in [0.1, 0.15) is 23.7 Å². The number of amides is 4. The lowest BCUT2D eigenvalue weighted by molar-refractivity contribution is -0.136. The van der Waals surface area contributed by atoms with Crippen molar-refractivity contribution >= 4 is 46.7 Å². The lowest BCUT2D eigenvalue weighted by Crippen LogP contribution is -2.53. The van der Waals surface area contributed by atoms with Crippen LogP contribution in [-0.4, -0.2) is 115 Å². The van der Waals surface area contributed by atoms with E-state index >= 15 is 4.39 Å². The van der Waals surface area contributed by atoms with Gasteiger partial charge < -0.3 is 24.8 Å². The van der Waals surface area contributed by atoms with Crippen molar-refractivity contribution in [3.63, 3.8) is 0 Å². The second kappa shape index (κ2) is 17.9. The molecule has 3 saturated heterocycles. The van der Waals surface area contributed by atoms with E-state index in [2.05, 4.69) is 35.5 Å². The second-order valence-electron chi connectivity index (χ2n) is 15.4. The van der Waals surface area contributed by atoms with Crippen LogP contribution in [-0.2, 0) is 9.59 Å². The van der Waals surface area contributed by atoms with E-state index in [0.717, 1.165) is 90.2 Å². The Balaban J connectivity index is 0.807. The van der Waals surface area contributed by atoms with Crippen LogP contribution < -0.4 is 25.2 Å². The predicted octanol–water partition coefficient (Wildman–Crippen LogP) is 4.18. The summed E-state index contributed by atoms with van der Waals surface area (Å²) in [4.78, 5) is 57.8. The zero-order chi connectivity index (χ0) is 40.1. The Morgan fingerprint density at radius 1 is 0.947 bits per heavy atom. The quantitative estimate of drug-likeness (QED) is 0.283. The number of hydrogen-bond donors (Lipinski definition) is 2. The first-order valence-electron chi connectivity index (χ1n) is 19.7. The molecule has 1 saturated carbocycles. The van der Waals surface area contributed by atoms with Crippen molar-refractivity contribution in [2.24, 2.45) is 5.92 Å². The fraction of sp³-hybridized carbons (Fsp3) is 0.488. The average Bonchev–Trinajstić information content (AvgIpc) is 3.22. The van der Waals surface area contributed by atoms with E-state index in [-0.39, 0.29) is 42.4 Å². The molecule has 4 fully saturated rings. The van der Waals surface area contributed by atoms with Crippen LogP contribution in [0.5, 0.6) is 5.75 Å². The number of carbonyl (C=O) groups excluding carboxylic acids is 4. The number of likely N-dealkylation sites (N-methyl/N-ethyl adjacent to an activating group) is 1. The molecular weight excluding hydrogens is 753 g/mol. The molecule has 1 aromatic heterocycles. The van der Waals surface area contributed by atoms with E-state index in [9.17, 15) is 19.2 Å². The van der Waals surface area contributed by atoms with E-state index < -0.39 is 23.7 Å². The maximum atomic E-state index is 15.2. The molecule has 2 N–H and O–H groups in total. The van der Waals surface area contributed by atoms with Crippen LogP contribution in [0.15, 0.2) is 48.5 Å².